The van der Waals surface area contributed by atoms with Crippen LogP contribution in [0.15, 0.2) is 65.1 Å². The monoisotopic (exact) mass is 359 g/mol. The lowest BCUT2D eigenvalue weighted by Gasteiger charge is -2.06. The molecule has 0 saturated carbocycles. The van der Waals surface area contributed by atoms with Crippen LogP contribution in [0.3, 0.4) is 0 Å². The highest BCUT2D eigenvalue weighted by molar-refractivity contribution is 9.10. The summed E-state index contributed by atoms with van der Waals surface area (Å²) in [7, 11) is 0. The zero-order valence-corrected chi connectivity index (χ0v) is 13.3. The van der Waals surface area contributed by atoms with E-state index in [2.05, 4.69) is 15.9 Å². The normalized spacial score (nSPS) is 12.2. The molecular formula is C17H14BrNO3. The maximum Gasteiger partial charge on any atom is 0.278 e. The average Bonchev–Trinajstić information content (AvgIpc) is 2.53. The summed E-state index contributed by atoms with van der Waals surface area (Å²) < 4.78 is 0.965. The third-order valence-electron chi connectivity index (χ3n) is 3.16. The Bertz CT molecular complexity index is 681. The predicted octanol–water partition coefficient (Wildman–Crippen LogP) is 4.38. The molecule has 0 fully saturated rings. The number of halogens is 1. The van der Waals surface area contributed by atoms with E-state index < -0.39 is 16.7 Å². The SMILES string of the molecule is O=C(c1ccccc1)C(C/C=C\c1ccc(Br)cc1)[N+](=O)[O-]. The highest BCUT2D eigenvalue weighted by atomic mass is 79.9. The molecule has 0 bridgehead atoms. The Morgan fingerprint density at radius 2 is 1.77 bits per heavy atom. The van der Waals surface area contributed by atoms with Crippen molar-refractivity contribution in [2.75, 3.05) is 0 Å². The van der Waals surface area contributed by atoms with Crippen LogP contribution >= 0.6 is 15.9 Å². The van der Waals surface area contributed by atoms with Crippen molar-refractivity contribution in [1.29, 1.82) is 0 Å². The molecule has 22 heavy (non-hydrogen) atoms. The molecule has 0 aliphatic heterocycles. The fourth-order valence-corrected chi connectivity index (χ4v) is 2.25. The van der Waals surface area contributed by atoms with Gasteiger partial charge in [-0.15, -0.1) is 0 Å². The summed E-state index contributed by atoms with van der Waals surface area (Å²) in [5.74, 6) is -0.467. The molecule has 0 amide bonds. The molecule has 0 radical (unpaired) electrons. The van der Waals surface area contributed by atoms with E-state index in [9.17, 15) is 14.9 Å². The van der Waals surface area contributed by atoms with Crippen LogP contribution in [0.1, 0.15) is 22.3 Å². The van der Waals surface area contributed by atoms with Gasteiger partial charge in [0, 0.05) is 21.4 Å². The van der Waals surface area contributed by atoms with Gasteiger partial charge in [-0.1, -0.05) is 70.5 Å². The Hall–Kier alpha value is -2.27. The van der Waals surface area contributed by atoms with Crippen LogP contribution in [-0.2, 0) is 0 Å². The van der Waals surface area contributed by atoms with Crippen LogP contribution in [0.25, 0.3) is 6.08 Å². The smallest absolute Gasteiger partial charge is 0.278 e. The Morgan fingerprint density at radius 1 is 1.14 bits per heavy atom. The van der Waals surface area contributed by atoms with Gasteiger partial charge in [-0.05, 0) is 17.7 Å². The lowest BCUT2D eigenvalue weighted by Crippen LogP contribution is -2.29. The lowest BCUT2D eigenvalue weighted by atomic mass is 10.0. The van der Waals surface area contributed by atoms with Crippen molar-refractivity contribution in [2.24, 2.45) is 0 Å². The van der Waals surface area contributed by atoms with Gasteiger partial charge in [0.25, 0.3) is 6.04 Å². The summed E-state index contributed by atoms with van der Waals surface area (Å²) in [5.41, 5.74) is 1.29. The highest BCUT2D eigenvalue weighted by Gasteiger charge is 2.29. The van der Waals surface area contributed by atoms with E-state index in [1.54, 1.807) is 42.5 Å². The van der Waals surface area contributed by atoms with Crippen LogP contribution in [0, 0.1) is 10.1 Å². The van der Waals surface area contributed by atoms with E-state index in [-0.39, 0.29) is 6.42 Å². The van der Waals surface area contributed by atoms with Gasteiger partial charge in [0.15, 0.2) is 0 Å². The standard InChI is InChI=1S/C17H14BrNO3/c18-15-11-9-13(10-12-15)5-4-8-16(19(21)22)17(20)14-6-2-1-3-7-14/h1-7,9-12,16H,8H2/b5-4-. The number of carbonyl (C=O) groups is 1. The molecule has 0 aromatic heterocycles. The molecule has 5 heteroatoms. The van der Waals surface area contributed by atoms with Gasteiger partial charge >= 0.3 is 0 Å². The minimum Gasteiger partial charge on any atom is -0.286 e. The summed E-state index contributed by atoms with van der Waals surface area (Å²) >= 11 is 3.34. The first kappa shape index (κ1) is 16.1. The second kappa shape index (κ2) is 7.66. The van der Waals surface area contributed by atoms with Crippen molar-refractivity contribution in [3.63, 3.8) is 0 Å². The van der Waals surface area contributed by atoms with Gasteiger partial charge in [-0.2, -0.15) is 0 Å². The summed E-state index contributed by atoms with van der Waals surface area (Å²) in [5, 5.41) is 11.1. The topological polar surface area (TPSA) is 60.2 Å². The van der Waals surface area contributed by atoms with Crippen molar-refractivity contribution in [3.8, 4) is 0 Å². The van der Waals surface area contributed by atoms with Crippen LogP contribution in [0.5, 0.6) is 0 Å². The first-order valence-electron chi connectivity index (χ1n) is 6.73. The third kappa shape index (κ3) is 4.36. The number of hydrogen-bond donors (Lipinski definition) is 0. The molecule has 0 spiro atoms. The van der Waals surface area contributed by atoms with E-state index in [0.29, 0.717) is 5.56 Å². The van der Waals surface area contributed by atoms with E-state index in [4.69, 9.17) is 0 Å². The van der Waals surface area contributed by atoms with Crippen molar-refractivity contribution in [2.45, 2.75) is 12.5 Å². The molecule has 2 aromatic rings. The lowest BCUT2D eigenvalue weighted by molar-refractivity contribution is -0.504. The van der Waals surface area contributed by atoms with Gasteiger partial charge in [-0.25, -0.2) is 0 Å². The van der Waals surface area contributed by atoms with Gasteiger partial charge < -0.3 is 0 Å². The number of Topliss-reactive ketones (excluding diaryl/α,β-unsaturated/α-hetero) is 1. The fourth-order valence-electron chi connectivity index (χ4n) is 1.99. The molecule has 0 aliphatic carbocycles. The second-order valence-corrected chi connectivity index (χ2v) is 5.64. The number of ketones is 1. The number of nitro groups is 1. The third-order valence-corrected chi connectivity index (χ3v) is 3.68. The van der Waals surface area contributed by atoms with E-state index in [0.717, 1.165) is 10.0 Å². The van der Waals surface area contributed by atoms with E-state index in [1.165, 1.54) is 0 Å². The first-order chi connectivity index (χ1) is 10.6. The summed E-state index contributed by atoms with van der Waals surface area (Å²) in [6.45, 7) is 0. The minimum absolute atomic E-state index is 0.0663. The van der Waals surface area contributed by atoms with Gasteiger partial charge in [0.2, 0.25) is 5.78 Å². The van der Waals surface area contributed by atoms with E-state index in [1.807, 2.05) is 24.3 Å². The van der Waals surface area contributed by atoms with Crippen molar-refractivity contribution < 1.29 is 9.72 Å². The molecule has 0 N–H and O–H groups in total. The average molecular weight is 360 g/mol. The summed E-state index contributed by atoms with van der Waals surface area (Å²) in [6, 6.07) is 14.7. The van der Waals surface area contributed by atoms with Crippen LogP contribution in [-0.4, -0.2) is 16.7 Å². The molecule has 0 saturated heterocycles. The molecule has 1 unspecified atom stereocenters. The Morgan fingerprint density at radius 3 is 2.36 bits per heavy atom. The van der Waals surface area contributed by atoms with Crippen molar-refractivity contribution in [3.05, 3.63) is 86.4 Å². The zero-order valence-electron chi connectivity index (χ0n) is 11.7. The number of rotatable bonds is 6. The Balaban J connectivity index is 2.08. The molecule has 0 heterocycles. The summed E-state index contributed by atoms with van der Waals surface area (Å²) in [6.07, 6.45) is 3.51. The molecular weight excluding hydrogens is 346 g/mol. The van der Waals surface area contributed by atoms with Gasteiger partial charge in [0.05, 0.1) is 0 Å². The van der Waals surface area contributed by atoms with Crippen LogP contribution < -0.4 is 0 Å². The van der Waals surface area contributed by atoms with E-state index >= 15 is 0 Å². The van der Waals surface area contributed by atoms with Crippen molar-refractivity contribution >= 4 is 27.8 Å². The number of hydrogen-bond acceptors (Lipinski definition) is 3. The number of nitrogens with zero attached hydrogens (tertiary/aromatic N) is 1. The molecule has 112 valence electrons. The molecule has 2 rings (SSSR count). The van der Waals surface area contributed by atoms with Gasteiger partial charge in [0.1, 0.15) is 0 Å². The van der Waals surface area contributed by atoms with Crippen LogP contribution in [0.4, 0.5) is 0 Å². The Kier molecular flexibility index (Phi) is 5.61. The minimum atomic E-state index is -1.26. The molecule has 2 aromatic carbocycles. The number of benzene rings is 2. The Labute approximate surface area is 136 Å². The molecule has 4 nitrogen and oxygen atoms in total. The maximum absolute atomic E-state index is 12.2. The fraction of sp³-hybridized carbons (Fsp3) is 0.118. The van der Waals surface area contributed by atoms with Crippen LogP contribution in [0.2, 0.25) is 0 Å². The molecule has 0 aliphatic rings. The van der Waals surface area contributed by atoms with Gasteiger partial charge in [-0.3, -0.25) is 14.9 Å². The predicted molar refractivity (Wildman–Crippen MR) is 89.3 cm³/mol. The quantitative estimate of drug-likeness (QED) is 0.436. The van der Waals surface area contributed by atoms with Crippen molar-refractivity contribution in [1.82, 2.24) is 0 Å². The second-order valence-electron chi connectivity index (χ2n) is 4.72. The zero-order chi connectivity index (χ0) is 15.9. The highest BCUT2D eigenvalue weighted by Crippen LogP contribution is 2.14. The first-order valence-corrected chi connectivity index (χ1v) is 7.52. The molecule has 1 atom stereocenters. The summed E-state index contributed by atoms with van der Waals surface area (Å²) in [4.78, 5) is 22.8. The number of carbonyl (C=O) groups excluding carboxylic acids is 1. The largest absolute Gasteiger partial charge is 0.286 e. The maximum atomic E-state index is 12.2.